The zero-order valence-electron chi connectivity index (χ0n) is 11.9. The van der Waals surface area contributed by atoms with Crippen LogP contribution < -0.4 is 0 Å². The van der Waals surface area contributed by atoms with Crippen LogP contribution >= 0.6 is 0 Å². The number of amides is 1. The lowest BCUT2D eigenvalue weighted by Crippen LogP contribution is -2.42. The molecule has 0 bridgehead atoms. The molecule has 7 nitrogen and oxygen atoms in total. The van der Waals surface area contributed by atoms with Crippen LogP contribution in [0.4, 0.5) is 4.79 Å². The normalized spacial score (nSPS) is 21.4. The highest BCUT2D eigenvalue weighted by Gasteiger charge is 2.45. The Bertz CT molecular complexity index is 590. The van der Waals surface area contributed by atoms with Gasteiger partial charge in [-0.25, -0.2) is 4.79 Å². The lowest BCUT2D eigenvalue weighted by atomic mass is 10.2. The van der Waals surface area contributed by atoms with Gasteiger partial charge < -0.3 is 9.47 Å². The van der Waals surface area contributed by atoms with Crippen molar-refractivity contribution in [3.63, 3.8) is 0 Å². The van der Waals surface area contributed by atoms with Crippen molar-refractivity contribution < 1.29 is 22.7 Å². The number of methoxy groups -OCH3 is 1. The standard InChI is InChI=1S/C13H18N2O5S/c1-14-8-12(15(13(16)19-2)21(14,17)18)10-20-9-11-6-4-3-5-7-11/h3-7,12H,8-10H2,1-2H3. The molecule has 1 atom stereocenters. The summed E-state index contributed by atoms with van der Waals surface area (Å²) >= 11 is 0. The summed E-state index contributed by atoms with van der Waals surface area (Å²) in [5, 5.41) is 0. The summed E-state index contributed by atoms with van der Waals surface area (Å²) in [7, 11) is -1.24. The predicted octanol–water partition coefficient (Wildman–Crippen LogP) is 0.830. The van der Waals surface area contributed by atoms with Crippen LogP contribution in [0.25, 0.3) is 0 Å². The molecule has 2 rings (SSSR count). The van der Waals surface area contributed by atoms with Gasteiger partial charge in [0.25, 0.3) is 0 Å². The second-order valence-electron chi connectivity index (χ2n) is 4.71. The molecule has 21 heavy (non-hydrogen) atoms. The van der Waals surface area contributed by atoms with Gasteiger partial charge in [0.2, 0.25) is 0 Å². The number of hydrogen-bond acceptors (Lipinski definition) is 5. The first-order valence-electron chi connectivity index (χ1n) is 6.42. The second kappa shape index (κ2) is 6.42. The summed E-state index contributed by atoms with van der Waals surface area (Å²) < 4.78 is 36.0. The lowest BCUT2D eigenvalue weighted by molar-refractivity contribution is 0.0749. The fourth-order valence-corrected chi connectivity index (χ4v) is 3.57. The van der Waals surface area contributed by atoms with Crippen LogP contribution in [-0.4, -0.2) is 56.5 Å². The second-order valence-corrected chi connectivity index (χ2v) is 6.62. The SMILES string of the molecule is COC(=O)N1C(COCc2ccccc2)CN(C)S1(=O)=O. The van der Waals surface area contributed by atoms with E-state index in [0.29, 0.717) is 6.61 Å². The van der Waals surface area contributed by atoms with Gasteiger partial charge in [0.05, 0.1) is 26.4 Å². The topological polar surface area (TPSA) is 76.2 Å². The Balaban J connectivity index is 2.00. The van der Waals surface area contributed by atoms with Crippen molar-refractivity contribution in [3.05, 3.63) is 35.9 Å². The van der Waals surface area contributed by atoms with Crippen molar-refractivity contribution in [1.82, 2.24) is 8.61 Å². The molecule has 0 N–H and O–H groups in total. The Morgan fingerprint density at radius 1 is 1.33 bits per heavy atom. The zero-order valence-corrected chi connectivity index (χ0v) is 12.7. The molecular weight excluding hydrogens is 296 g/mol. The first kappa shape index (κ1) is 15.7. The van der Waals surface area contributed by atoms with Gasteiger partial charge in [0.15, 0.2) is 0 Å². The van der Waals surface area contributed by atoms with E-state index in [1.807, 2.05) is 30.3 Å². The fraction of sp³-hybridized carbons (Fsp3) is 0.462. The van der Waals surface area contributed by atoms with Gasteiger partial charge in [0, 0.05) is 13.6 Å². The van der Waals surface area contributed by atoms with E-state index < -0.39 is 22.3 Å². The van der Waals surface area contributed by atoms with Gasteiger partial charge in [-0.1, -0.05) is 30.3 Å². The van der Waals surface area contributed by atoms with E-state index in [0.717, 1.165) is 21.3 Å². The summed E-state index contributed by atoms with van der Waals surface area (Å²) in [4.78, 5) is 11.7. The Morgan fingerprint density at radius 2 is 2.00 bits per heavy atom. The van der Waals surface area contributed by atoms with Crippen molar-refractivity contribution in [2.75, 3.05) is 27.3 Å². The van der Waals surface area contributed by atoms with Gasteiger partial charge in [-0.3, -0.25) is 0 Å². The largest absolute Gasteiger partial charge is 0.452 e. The van der Waals surface area contributed by atoms with Crippen LogP contribution in [-0.2, 0) is 26.3 Å². The number of benzene rings is 1. The molecule has 0 aromatic heterocycles. The van der Waals surface area contributed by atoms with E-state index in [1.165, 1.54) is 7.05 Å². The van der Waals surface area contributed by atoms with Crippen LogP contribution in [0, 0.1) is 0 Å². The van der Waals surface area contributed by atoms with Crippen molar-refractivity contribution in [2.24, 2.45) is 0 Å². The molecule has 0 aliphatic carbocycles. The maximum atomic E-state index is 12.0. The van der Waals surface area contributed by atoms with Gasteiger partial charge >= 0.3 is 16.3 Å². The molecule has 1 aliphatic heterocycles. The predicted molar refractivity (Wildman–Crippen MR) is 75.7 cm³/mol. The maximum absolute atomic E-state index is 12.0. The molecule has 1 aromatic rings. The third-order valence-electron chi connectivity index (χ3n) is 3.22. The van der Waals surface area contributed by atoms with Crippen molar-refractivity contribution in [3.8, 4) is 0 Å². The van der Waals surface area contributed by atoms with Gasteiger partial charge in [-0.15, -0.1) is 0 Å². The summed E-state index contributed by atoms with van der Waals surface area (Å²) in [5.41, 5.74) is 0.983. The molecule has 1 aromatic carbocycles. The highest BCUT2D eigenvalue weighted by molar-refractivity contribution is 7.87. The Labute approximate surface area is 124 Å². The molecule has 8 heteroatoms. The number of likely N-dealkylation sites (N-methyl/N-ethyl adjacent to an activating group) is 1. The summed E-state index contributed by atoms with van der Waals surface area (Å²) in [6.07, 6.45) is -0.896. The first-order chi connectivity index (χ1) is 9.96. The zero-order chi connectivity index (χ0) is 15.5. The average Bonchev–Trinajstić information content (AvgIpc) is 2.69. The third-order valence-corrected chi connectivity index (χ3v) is 5.10. The molecule has 0 saturated carbocycles. The molecule has 0 radical (unpaired) electrons. The monoisotopic (exact) mass is 314 g/mol. The minimum Gasteiger partial charge on any atom is -0.452 e. The lowest BCUT2D eigenvalue weighted by Gasteiger charge is -2.20. The van der Waals surface area contributed by atoms with Crippen molar-refractivity contribution in [1.29, 1.82) is 0 Å². The smallest absolute Gasteiger partial charge is 0.424 e. The summed E-state index contributed by atoms with van der Waals surface area (Å²) in [6.45, 7) is 0.663. The molecular formula is C13H18N2O5S. The van der Waals surface area contributed by atoms with Crippen LogP contribution in [0.5, 0.6) is 0 Å². The fourth-order valence-electron chi connectivity index (χ4n) is 2.14. The number of carbonyl (C=O) groups is 1. The Morgan fingerprint density at radius 3 is 2.62 bits per heavy atom. The summed E-state index contributed by atoms with van der Waals surface area (Å²) in [5.74, 6) is 0. The van der Waals surface area contributed by atoms with E-state index in [2.05, 4.69) is 4.74 Å². The molecule has 1 unspecified atom stereocenters. The molecule has 1 amide bonds. The van der Waals surface area contributed by atoms with E-state index in [4.69, 9.17) is 4.74 Å². The molecule has 116 valence electrons. The highest BCUT2D eigenvalue weighted by Crippen LogP contribution is 2.22. The summed E-state index contributed by atoms with van der Waals surface area (Å²) in [6, 6.07) is 8.93. The Hall–Kier alpha value is -1.64. The van der Waals surface area contributed by atoms with Gasteiger partial charge in [0.1, 0.15) is 0 Å². The number of carbonyl (C=O) groups excluding carboxylic acids is 1. The third kappa shape index (κ3) is 3.34. The van der Waals surface area contributed by atoms with Gasteiger partial charge in [-0.05, 0) is 5.56 Å². The number of rotatable bonds is 4. The van der Waals surface area contributed by atoms with Crippen LogP contribution in [0.15, 0.2) is 30.3 Å². The number of ether oxygens (including phenoxy) is 2. The molecule has 1 aliphatic rings. The minimum absolute atomic E-state index is 0.119. The highest BCUT2D eigenvalue weighted by atomic mass is 32.2. The van der Waals surface area contributed by atoms with Crippen LogP contribution in [0.1, 0.15) is 5.56 Å². The van der Waals surface area contributed by atoms with Gasteiger partial charge in [-0.2, -0.15) is 17.0 Å². The molecule has 0 spiro atoms. The maximum Gasteiger partial charge on any atom is 0.424 e. The molecule has 1 saturated heterocycles. The minimum atomic E-state index is -3.81. The van der Waals surface area contributed by atoms with E-state index in [-0.39, 0.29) is 13.2 Å². The average molecular weight is 314 g/mol. The van der Waals surface area contributed by atoms with E-state index in [9.17, 15) is 13.2 Å². The number of hydrogen-bond donors (Lipinski definition) is 0. The quantitative estimate of drug-likeness (QED) is 0.823. The van der Waals surface area contributed by atoms with E-state index in [1.54, 1.807) is 0 Å². The number of nitrogens with zero attached hydrogens (tertiary/aromatic N) is 2. The van der Waals surface area contributed by atoms with E-state index >= 15 is 0 Å². The van der Waals surface area contributed by atoms with Crippen molar-refractivity contribution in [2.45, 2.75) is 12.6 Å². The van der Waals surface area contributed by atoms with Crippen molar-refractivity contribution >= 4 is 16.3 Å². The molecule has 1 heterocycles. The Kier molecular flexibility index (Phi) is 4.81. The molecule has 1 fully saturated rings. The first-order valence-corrected chi connectivity index (χ1v) is 7.82. The van der Waals surface area contributed by atoms with Crippen LogP contribution in [0.2, 0.25) is 0 Å². The van der Waals surface area contributed by atoms with Crippen LogP contribution in [0.3, 0.4) is 0 Å².